The van der Waals surface area contributed by atoms with E-state index < -0.39 is 28.6 Å². The third-order valence-corrected chi connectivity index (χ3v) is 3.41. The number of ether oxygens (including phenoxy) is 2. The number of amides is 1. The number of methoxy groups -OCH3 is 1. The molecule has 1 aliphatic rings. The van der Waals surface area contributed by atoms with Gasteiger partial charge in [-0.1, -0.05) is 0 Å². The van der Waals surface area contributed by atoms with Crippen LogP contribution >= 0.6 is 12.9 Å². The number of esters is 1. The molecule has 1 atom stereocenters. The van der Waals surface area contributed by atoms with Gasteiger partial charge in [0.25, 0.3) is 11.6 Å². The number of aliphatic hydroxyl groups is 1. The number of nitro groups is 1. The highest BCUT2D eigenvalue weighted by Gasteiger charge is 2.31. The smallest absolute Gasteiger partial charge is 0.308 e. The van der Waals surface area contributed by atoms with E-state index in [-0.39, 0.29) is 23.6 Å². The molecule has 0 bridgehead atoms. The first-order chi connectivity index (χ1) is 12.2. The quantitative estimate of drug-likeness (QED) is 0.197. The van der Waals surface area contributed by atoms with Gasteiger partial charge in [-0.3, -0.25) is 19.7 Å². The molecule has 0 spiro atoms. The minimum atomic E-state index is -0.730. The maximum absolute atomic E-state index is 12.5. The Hall–Kier alpha value is -2.37. The van der Waals surface area contributed by atoms with Crippen molar-refractivity contribution in [2.75, 3.05) is 27.3 Å². The Morgan fingerprint density at radius 3 is 2.38 bits per heavy atom. The van der Waals surface area contributed by atoms with Crippen molar-refractivity contribution in [3.05, 3.63) is 27.8 Å². The van der Waals surface area contributed by atoms with E-state index in [1.807, 2.05) is 0 Å². The molecule has 1 fully saturated rings. The van der Waals surface area contributed by atoms with Gasteiger partial charge in [0.1, 0.15) is 5.56 Å². The summed E-state index contributed by atoms with van der Waals surface area (Å²) in [5, 5.41) is 20.8. The van der Waals surface area contributed by atoms with Crippen LogP contribution in [0.5, 0.6) is 11.5 Å². The van der Waals surface area contributed by atoms with Gasteiger partial charge in [0.2, 0.25) is 0 Å². The van der Waals surface area contributed by atoms with Gasteiger partial charge in [-0.05, 0) is 19.3 Å². The summed E-state index contributed by atoms with van der Waals surface area (Å²) in [5.41, 5.74) is -0.676. The molecular formula is C15H20N2O8S. The summed E-state index contributed by atoms with van der Waals surface area (Å²) in [4.78, 5) is 35.4. The van der Waals surface area contributed by atoms with Crippen molar-refractivity contribution in [3.8, 4) is 11.5 Å². The molecule has 0 aliphatic carbocycles. The van der Waals surface area contributed by atoms with Gasteiger partial charge >= 0.3 is 5.97 Å². The van der Waals surface area contributed by atoms with Crippen LogP contribution in [0.25, 0.3) is 0 Å². The zero-order valence-electron chi connectivity index (χ0n) is 14.5. The minimum absolute atomic E-state index is 0.0360. The van der Waals surface area contributed by atoms with Crippen LogP contribution in [0.3, 0.4) is 0 Å². The van der Waals surface area contributed by atoms with Crippen molar-refractivity contribution in [2.24, 2.45) is 0 Å². The Balaban J connectivity index is 0.00000105. The Labute approximate surface area is 155 Å². The zero-order chi connectivity index (χ0) is 19.9. The second-order valence-corrected chi connectivity index (χ2v) is 5.61. The highest BCUT2D eigenvalue weighted by atomic mass is 32.1. The van der Waals surface area contributed by atoms with Crippen molar-refractivity contribution in [3.63, 3.8) is 0 Å². The van der Waals surface area contributed by atoms with E-state index in [9.17, 15) is 24.8 Å². The highest BCUT2D eigenvalue weighted by molar-refractivity contribution is 7.75. The summed E-state index contributed by atoms with van der Waals surface area (Å²) in [7, 11) is 2.78. The largest absolute Gasteiger partial charge is 0.493 e. The van der Waals surface area contributed by atoms with Crippen molar-refractivity contribution >= 4 is 30.5 Å². The van der Waals surface area contributed by atoms with Crippen molar-refractivity contribution < 1.29 is 33.3 Å². The lowest BCUT2D eigenvalue weighted by Gasteiger charge is -2.17. The molecule has 1 heterocycles. The molecule has 1 aliphatic heterocycles. The molecule has 1 unspecified atom stereocenters. The van der Waals surface area contributed by atoms with Crippen LogP contribution in [0.2, 0.25) is 0 Å². The average molecular weight is 388 g/mol. The Bertz CT molecular complexity index is 682. The molecule has 10 nitrogen and oxygen atoms in total. The molecule has 1 N–H and O–H groups in total. The fourth-order valence-corrected chi connectivity index (χ4v) is 2.36. The van der Waals surface area contributed by atoms with E-state index in [1.165, 1.54) is 25.2 Å². The lowest BCUT2D eigenvalue weighted by molar-refractivity contribution is -0.385. The first kappa shape index (κ1) is 21.7. The third kappa shape index (κ3) is 5.58. The van der Waals surface area contributed by atoms with Gasteiger partial charge < -0.3 is 23.7 Å². The van der Waals surface area contributed by atoms with Gasteiger partial charge in [0.15, 0.2) is 11.5 Å². The van der Waals surface area contributed by atoms with Crippen LogP contribution in [0.1, 0.15) is 23.7 Å². The zero-order valence-corrected chi connectivity index (χ0v) is 15.4. The van der Waals surface area contributed by atoms with E-state index >= 15 is 0 Å². The van der Waals surface area contributed by atoms with Crippen LogP contribution in [-0.2, 0) is 8.98 Å². The topological polar surface area (TPSA) is 128 Å². The number of aliphatic hydroxyl groups excluding tert-OH is 1. The monoisotopic (exact) mass is 388 g/mol. The van der Waals surface area contributed by atoms with Gasteiger partial charge in [-0.15, -0.1) is 0 Å². The first-order valence-electron chi connectivity index (χ1n) is 7.44. The van der Waals surface area contributed by atoms with Crippen LogP contribution in [-0.4, -0.2) is 60.2 Å². The fourth-order valence-electron chi connectivity index (χ4n) is 2.36. The molecule has 144 valence electrons. The SMILES string of the molecule is COS.COc1cc(C(=O)N2CCC(O)C2)c([N+](=O)[O-])cc1OC(C)=O. The van der Waals surface area contributed by atoms with Gasteiger partial charge in [-0.25, -0.2) is 0 Å². The van der Waals surface area contributed by atoms with E-state index in [0.717, 1.165) is 13.0 Å². The fraction of sp³-hybridized carbons (Fsp3) is 0.467. The number of benzene rings is 1. The van der Waals surface area contributed by atoms with Crippen molar-refractivity contribution in [1.82, 2.24) is 4.90 Å². The number of hydrogen-bond acceptors (Lipinski definition) is 9. The maximum Gasteiger partial charge on any atom is 0.308 e. The molecule has 1 amide bonds. The molecular weight excluding hydrogens is 368 g/mol. The molecule has 1 aromatic rings. The summed E-state index contributed by atoms with van der Waals surface area (Å²) in [6.45, 7) is 1.57. The molecule has 0 saturated carbocycles. The third-order valence-electron chi connectivity index (χ3n) is 3.41. The molecule has 26 heavy (non-hydrogen) atoms. The number of carbonyl (C=O) groups is 2. The molecule has 11 heteroatoms. The van der Waals surface area contributed by atoms with Crippen molar-refractivity contribution in [2.45, 2.75) is 19.4 Å². The van der Waals surface area contributed by atoms with Crippen molar-refractivity contribution in [1.29, 1.82) is 0 Å². The van der Waals surface area contributed by atoms with Crippen LogP contribution in [0, 0.1) is 10.1 Å². The van der Waals surface area contributed by atoms with Gasteiger partial charge in [0.05, 0.1) is 24.2 Å². The van der Waals surface area contributed by atoms with Crippen LogP contribution in [0.4, 0.5) is 5.69 Å². The summed E-state index contributed by atoms with van der Waals surface area (Å²) in [6, 6.07) is 2.16. The second kappa shape index (κ2) is 9.94. The van der Waals surface area contributed by atoms with Crippen LogP contribution in [0.15, 0.2) is 12.1 Å². The molecule has 1 saturated heterocycles. The summed E-state index contributed by atoms with van der Waals surface area (Å²) in [5.74, 6) is -1.35. The van der Waals surface area contributed by atoms with E-state index in [0.29, 0.717) is 13.0 Å². The maximum atomic E-state index is 12.5. The van der Waals surface area contributed by atoms with E-state index in [2.05, 4.69) is 17.1 Å². The summed E-state index contributed by atoms with van der Waals surface area (Å²) < 4.78 is 13.9. The molecule has 0 aromatic heterocycles. The predicted octanol–water partition coefficient (Wildman–Crippen LogP) is 1.21. The Morgan fingerprint density at radius 2 is 1.96 bits per heavy atom. The summed E-state index contributed by atoms with van der Waals surface area (Å²) >= 11 is 3.29. The summed E-state index contributed by atoms with van der Waals surface area (Å²) in [6.07, 6.45) is -0.220. The molecule has 1 aromatic carbocycles. The number of nitro benzene ring substituents is 1. The average Bonchev–Trinajstić information content (AvgIpc) is 3.00. The second-order valence-electron chi connectivity index (χ2n) is 5.25. The first-order valence-corrected chi connectivity index (χ1v) is 7.81. The number of β-amino-alcohol motifs (C(OH)–C–C–N with tert-alkyl or cyclic N) is 1. The standard InChI is InChI=1S/C14H16N2O7.CH4OS/c1-8(17)23-13-6-11(16(20)21)10(5-12(13)22-2)14(19)15-4-3-9(18)7-15;1-2-3/h5-6,9,18H,3-4,7H2,1-2H3;3H,1H3. The minimum Gasteiger partial charge on any atom is -0.493 e. The molecule has 0 radical (unpaired) electrons. The number of likely N-dealkylation sites (tertiary alicyclic amines) is 1. The van der Waals surface area contributed by atoms with E-state index in [4.69, 9.17) is 9.47 Å². The molecule has 2 rings (SSSR count). The van der Waals surface area contributed by atoms with Gasteiger partial charge in [-0.2, -0.15) is 0 Å². The van der Waals surface area contributed by atoms with E-state index in [1.54, 1.807) is 0 Å². The Kier molecular flexibility index (Phi) is 8.29. The Morgan fingerprint density at radius 1 is 1.35 bits per heavy atom. The normalized spacial score (nSPS) is 15.7. The number of hydrogen-bond donors (Lipinski definition) is 2. The lowest BCUT2D eigenvalue weighted by atomic mass is 10.1. The number of thiol groups is 1. The number of rotatable bonds is 4. The van der Waals surface area contributed by atoms with Crippen LogP contribution < -0.4 is 9.47 Å². The predicted molar refractivity (Wildman–Crippen MR) is 93.5 cm³/mol. The number of carbonyl (C=O) groups excluding carboxylic acids is 2. The number of nitrogens with zero attached hydrogens (tertiary/aromatic N) is 2. The van der Waals surface area contributed by atoms with Gasteiger partial charge in [0, 0.05) is 33.2 Å². The highest BCUT2D eigenvalue weighted by Crippen LogP contribution is 2.35. The lowest BCUT2D eigenvalue weighted by Crippen LogP contribution is -2.30.